The van der Waals surface area contributed by atoms with Crippen molar-refractivity contribution in [2.24, 2.45) is 5.84 Å². The summed E-state index contributed by atoms with van der Waals surface area (Å²) < 4.78 is 0. The summed E-state index contributed by atoms with van der Waals surface area (Å²) in [5, 5.41) is 15.7. The van der Waals surface area contributed by atoms with Gasteiger partial charge in [-0.15, -0.1) is 11.3 Å². The zero-order chi connectivity index (χ0) is 13.0. The first-order valence-electron chi connectivity index (χ1n) is 5.09. The summed E-state index contributed by atoms with van der Waals surface area (Å²) in [5.74, 6) is 5.80. The zero-order valence-electron chi connectivity index (χ0n) is 9.29. The van der Waals surface area contributed by atoms with Crippen LogP contribution in [-0.4, -0.2) is 9.91 Å². The predicted molar refractivity (Wildman–Crippen MR) is 70.3 cm³/mol. The van der Waals surface area contributed by atoms with Gasteiger partial charge in [0, 0.05) is 10.9 Å². The Balaban J connectivity index is 2.20. The number of nitrogens with two attached hydrogens (primary N) is 1. The van der Waals surface area contributed by atoms with E-state index in [1.54, 1.807) is 11.3 Å². The molecule has 2 aromatic heterocycles. The minimum atomic E-state index is -0.482. The molecule has 7 nitrogen and oxygen atoms in total. The molecule has 4 N–H and O–H groups in total. The van der Waals surface area contributed by atoms with Gasteiger partial charge in [-0.1, -0.05) is 6.07 Å². The quantitative estimate of drug-likeness (QED) is 0.433. The molecule has 0 atom stereocenters. The molecule has 2 aromatic rings. The molecule has 8 heteroatoms. The number of rotatable bonds is 5. The number of hydrogen-bond donors (Lipinski definition) is 3. The molecule has 0 amide bonds. The molecular formula is C10H11N5O2S. The highest BCUT2D eigenvalue weighted by molar-refractivity contribution is 7.09. The fourth-order valence-corrected chi connectivity index (χ4v) is 2.04. The fraction of sp³-hybridized carbons (Fsp3) is 0.100. The molecule has 0 radical (unpaired) electrons. The van der Waals surface area contributed by atoms with Crippen LogP contribution < -0.4 is 16.6 Å². The smallest absolute Gasteiger partial charge is 0.311 e. The van der Waals surface area contributed by atoms with E-state index in [2.05, 4.69) is 15.7 Å². The Morgan fingerprint density at radius 1 is 1.44 bits per heavy atom. The Morgan fingerprint density at radius 2 is 2.28 bits per heavy atom. The van der Waals surface area contributed by atoms with E-state index in [4.69, 9.17) is 5.84 Å². The standard InChI is InChI=1S/C10H11N5O2S/c11-14-9-4-3-8(15(16)17)10(13-9)12-6-7-2-1-5-18-7/h1-5H,6,11H2,(H2,12,13,14). The van der Waals surface area contributed by atoms with Crippen LogP contribution in [0.5, 0.6) is 0 Å². The van der Waals surface area contributed by atoms with Crippen LogP contribution in [0, 0.1) is 10.1 Å². The summed E-state index contributed by atoms with van der Waals surface area (Å²) in [4.78, 5) is 15.5. The topological polar surface area (TPSA) is 106 Å². The molecule has 2 heterocycles. The van der Waals surface area contributed by atoms with Crippen LogP contribution in [0.4, 0.5) is 17.3 Å². The van der Waals surface area contributed by atoms with E-state index < -0.39 is 4.92 Å². The third-order valence-corrected chi connectivity index (χ3v) is 3.11. The molecule has 0 unspecified atom stereocenters. The van der Waals surface area contributed by atoms with Crippen LogP contribution in [-0.2, 0) is 6.54 Å². The van der Waals surface area contributed by atoms with Gasteiger partial charge in [-0.3, -0.25) is 10.1 Å². The van der Waals surface area contributed by atoms with Gasteiger partial charge >= 0.3 is 5.69 Å². The molecular weight excluding hydrogens is 254 g/mol. The molecule has 0 aliphatic rings. The fourth-order valence-electron chi connectivity index (χ4n) is 1.39. The molecule has 0 fully saturated rings. The normalized spacial score (nSPS) is 10.1. The van der Waals surface area contributed by atoms with Crippen molar-refractivity contribution in [3.63, 3.8) is 0 Å². The number of nitrogen functional groups attached to an aromatic ring is 1. The predicted octanol–water partition coefficient (Wildman–Crippen LogP) is 1.95. The molecule has 18 heavy (non-hydrogen) atoms. The maximum absolute atomic E-state index is 10.9. The lowest BCUT2D eigenvalue weighted by Crippen LogP contribution is -2.11. The van der Waals surface area contributed by atoms with E-state index in [1.807, 2.05) is 17.5 Å². The van der Waals surface area contributed by atoms with Gasteiger partial charge in [0.1, 0.15) is 5.82 Å². The number of thiophene rings is 1. The van der Waals surface area contributed by atoms with Crippen molar-refractivity contribution in [3.8, 4) is 0 Å². The third-order valence-electron chi connectivity index (χ3n) is 2.23. The van der Waals surface area contributed by atoms with E-state index in [0.717, 1.165) is 4.88 Å². The maximum Gasteiger partial charge on any atom is 0.311 e. The van der Waals surface area contributed by atoms with Crippen molar-refractivity contribution in [2.45, 2.75) is 6.54 Å². The van der Waals surface area contributed by atoms with Gasteiger partial charge in [0.15, 0.2) is 0 Å². The lowest BCUT2D eigenvalue weighted by Gasteiger charge is -2.06. The van der Waals surface area contributed by atoms with Crippen LogP contribution in [0.15, 0.2) is 29.6 Å². The first kappa shape index (κ1) is 12.3. The highest BCUT2D eigenvalue weighted by atomic mass is 32.1. The minimum Gasteiger partial charge on any atom is -0.359 e. The molecule has 0 bridgehead atoms. The first-order chi connectivity index (χ1) is 8.70. The van der Waals surface area contributed by atoms with Crippen LogP contribution >= 0.6 is 11.3 Å². The number of pyridine rings is 1. The van der Waals surface area contributed by atoms with Crippen LogP contribution in [0.2, 0.25) is 0 Å². The number of aromatic nitrogens is 1. The highest BCUT2D eigenvalue weighted by Gasteiger charge is 2.15. The summed E-state index contributed by atoms with van der Waals surface area (Å²) in [6, 6.07) is 6.67. The monoisotopic (exact) mass is 265 g/mol. The van der Waals surface area contributed by atoms with Crippen molar-refractivity contribution < 1.29 is 4.92 Å². The van der Waals surface area contributed by atoms with Crippen molar-refractivity contribution in [2.75, 3.05) is 10.7 Å². The molecule has 0 spiro atoms. The second-order valence-corrected chi connectivity index (χ2v) is 4.43. The third kappa shape index (κ3) is 2.73. The van der Waals surface area contributed by atoms with Crippen LogP contribution in [0.25, 0.3) is 0 Å². The Labute approximate surface area is 107 Å². The largest absolute Gasteiger partial charge is 0.359 e. The first-order valence-corrected chi connectivity index (χ1v) is 5.97. The Bertz CT molecular complexity index is 543. The molecule has 0 saturated carbocycles. The average Bonchev–Trinajstić information content (AvgIpc) is 2.88. The van der Waals surface area contributed by atoms with Crippen molar-refractivity contribution in [3.05, 3.63) is 44.6 Å². The van der Waals surface area contributed by atoms with Crippen molar-refractivity contribution >= 4 is 28.7 Å². The molecule has 2 rings (SSSR count). The van der Waals surface area contributed by atoms with Crippen molar-refractivity contribution in [1.29, 1.82) is 0 Å². The zero-order valence-corrected chi connectivity index (χ0v) is 10.1. The lowest BCUT2D eigenvalue weighted by molar-refractivity contribution is -0.384. The second kappa shape index (κ2) is 5.43. The van der Waals surface area contributed by atoms with E-state index in [-0.39, 0.29) is 11.5 Å². The molecule has 0 aliphatic heterocycles. The summed E-state index contributed by atoms with van der Waals surface area (Å²) >= 11 is 1.57. The summed E-state index contributed by atoms with van der Waals surface area (Å²) in [5.41, 5.74) is 2.28. The lowest BCUT2D eigenvalue weighted by atomic mass is 10.3. The summed E-state index contributed by atoms with van der Waals surface area (Å²) in [7, 11) is 0. The van der Waals surface area contributed by atoms with Gasteiger partial charge in [-0.05, 0) is 17.5 Å². The molecule has 0 aromatic carbocycles. The molecule has 0 aliphatic carbocycles. The minimum absolute atomic E-state index is 0.0782. The van der Waals surface area contributed by atoms with Crippen LogP contribution in [0.3, 0.4) is 0 Å². The number of hydrazine groups is 1. The van der Waals surface area contributed by atoms with Crippen LogP contribution in [0.1, 0.15) is 4.88 Å². The Kier molecular flexibility index (Phi) is 3.70. The van der Waals surface area contributed by atoms with Crippen molar-refractivity contribution in [1.82, 2.24) is 4.98 Å². The van der Waals surface area contributed by atoms with Gasteiger partial charge in [-0.2, -0.15) is 0 Å². The number of nitrogens with one attached hydrogen (secondary N) is 2. The van der Waals surface area contributed by atoms with Gasteiger partial charge in [0.05, 0.1) is 11.5 Å². The van der Waals surface area contributed by atoms with Gasteiger partial charge in [0.2, 0.25) is 5.82 Å². The summed E-state index contributed by atoms with van der Waals surface area (Å²) in [6.45, 7) is 0.486. The van der Waals surface area contributed by atoms with Gasteiger partial charge in [-0.25, -0.2) is 10.8 Å². The Morgan fingerprint density at radius 3 is 2.89 bits per heavy atom. The average molecular weight is 265 g/mol. The van der Waals surface area contributed by atoms with Gasteiger partial charge in [0.25, 0.3) is 0 Å². The Hall–Kier alpha value is -2.19. The van der Waals surface area contributed by atoms with E-state index in [1.165, 1.54) is 12.1 Å². The second-order valence-electron chi connectivity index (χ2n) is 3.40. The number of nitrogens with zero attached hydrogens (tertiary/aromatic N) is 2. The maximum atomic E-state index is 10.9. The van der Waals surface area contributed by atoms with E-state index in [0.29, 0.717) is 12.4 Å². The summed E-state index contributed by atoms with van der Waals surface area (Å²) in [6.07, 6.45) is 0. The molecule has 0 saturated heterocycles. The SMILES string of the molecule is NNc1ccc([N+](=O)[O-])c(NCc2cccs2)n1. The number of hydrogen-bond acceptors (Lipinski definition) is 7. The highest BCUT2D eigenvalue weighted by Crippen LogP contribution is 2.24. The number of anilines is 2. The molecule has 94 valence electrons. The number of nitro groups is 1. The van der Waals surface area contributed by atoms with E-state index >= 15 is 0 Å². The van der Waals surface area contributed by atoms with Gasteiger partial charge < -0.3 is 10.7 Å². The van der Waals surface area contributed by atoms with E-state index in [9.17, 15) is 10.1 Å².